The minimum Gasteiger partial charge on any atom is -0.310 e. The summed E-state index contributed by atoms with van der Waals surface area (Å²) in [5.41, 5.74) is 0.527. The van der Waals surface area contributed by atoms with Crippen molar-refractivity contribution < 1.29 is 9.18 Å². The maximum atomic E-state index is 13.8. The Morgan fingerprint density at radius 3 is 2.60 bits per heavy atom. The van der Waals surface area contributed by atoms with Gasteiger partial charge in [0.2, 0.25) is 0 Å². The van der Waals surface area contributed by atoms with E-state index < -0.39 is 11.7 Å². The van der Waals surface area contributed by atoms with Gasteiger partial charge in [-0.05, 0) is 24.3 Å². The van der Waals surface area contributed by atoms with Gasteiger partial charge in [0.05, 0.1) is 21.8 Å². The van der Waals surface area contributed by atoms with Crippen LogP contribution in [-0.2, 0) is 0 Å². The van der Waals surface area contributed by atoms with Crippen LogP contribution < -0.4 is 4.90 Å². The first-order valence-electron chi connectivity index (χ1n) is 5.77. The second-order valence-electron chi connectivity index (χ2n) is 4.09. The van der Waals surface area contributed by atoms with E-state index in [1.54, 1.807) is 24.3 Å². The summed E-state index contributed by atoms with van der Waals surface area (Å²) in [6, 6.07) is 12.6. The molecule has 0 aliphatic carbocycles. The summed E-state index contributed by atoms with van der Waals surface area (Å²) in [4.78, 5) is 13.6. The van der Waals surface area contributed by atoms with E-state index in [1.165, 1.54) is 30.1 Å². The van der Waals surface area contributed by atoms with Gasteiger partial charge in [0.15, 0.2) is 0 Å². The monoisotopic (exact) mass is 288 g/mol. The number of carbonyl (C=O) groups is 1. The van der Waals surface area contributed by atoms with Crippen molar-refractivity contribution in [2.45, 2.75) is 0 Å². The fourth-order valence-electron chi connectivity index (χ4n) is 1.84. The summed E-state index contributed by atoms with van der Waals surface area (Å²) in [5.74, 6) is -1.29. The molecule has 0 saturated carbocycles. The van der Waals surface area contributed by atoms with Crippen molar-refractivity contribution in [3.05, 3.63) is 64.4 Å². The number of anilines is 1. The molecule has 1 amide bonds. The van der Waals surface area contributed by atoms with E-state index in [9.17, 15) is 9.18 Å². The smallest absolute Gasteiger partial charge is 0.262 e. The van der Waals surface area contributed by atoms with E-state index in [1.807, 2.05) is 6.07 Å². The van der Waals surface area contributed by atoms with Gasteiger partial charge in [-0.25, -0.2) is 4.39 Å². The molecule has 5 heteroatoms. The third kappa shape index (κ3) is 2.49. The summed E-state index contributed by atoms with van der Waals surface area (Å²) in [6.45, 7) is 0. The van der Waals surface area contributed by atoms with Gasteiger partial charge >= 0.3 is 0 Å². The number of carbonyl (C=O) groups excluding carboxylic acids is 1. The number of amides is 1. The summed E-state index contributed by atoms with van der Waals surface area (Å²) >= 11 is 5.88. The molecular formula is C15H10ClFN2O. The molecule has 0 fully saturated rings. The minimum atomic E-state index is -0.691. The zero-order chi connectivity index (χ0) is 14.7. The SMILES string of the molecule is CN(C(=O)c1c(F)cccc1Cl)c1ccccc1C#N. The van der Waals surface area contributed by atoms with E-state index in [4.69, 9.17) is 16.9 Å². The van der Waals surface area contributed by atoms with Gasteiger partial charge in [-0.15, -0.1) is 0 Å². The molecular weight excluding hydrogens is 279 g/mol. The Morgan fingerprint density at radius 1 is 1.25 bits per heavy atom. The molecule has 2 aromatic carbocycles. The van der Waals surface area contributed by atoms with E-state index in [-0.39, 0.29) is 10.6 Å². The van der Waals surface area contributed by atoms with Crippen LogP contribution in [0.15, 0.2) is 42.5 Å². The lowest BCUT2D eigenvalue weighted by molar-refractivity contribution is 0.0989. The Hall–Kier alpha value is -2.38. The summed E-state index contributed by atoms with van der Waals surface area (Å²) in [7, 11) is 1.47. The van der Waals surface area contributed by atoms with Crippen LogP contribution in [0.3, 0.4) is 0 Å². The molecule has 0 aliphatic heterocycles. The van der Waals surface area contributed by atoms with Crippen molar-refractivity contribution in [1.29, 1.82) is 5.26 Å². The fourth-order valence-corrected chi connectivity index (χ4v) is 2.08. The number of halogens is 2. The van der Waals surface area contributed by atoms with Gasteiger partial charge in [-0.1, -0.05) is 29.8 Å². The zero-order valence-electron chi connectivity index (χ0n) is 10.6. The summed E-state index contributed by atoms with van der Waals surface area (Å²) in [5, 5.41) is 9.08. The van der Waals surface area contributed by atoms with Crippen LogP contribution >= 0.6 is 11.6 Å². The van der Waals surface area contributed by atoms with Gasteiger partial charge in [0, 0.05) is 7.05 Å². The van der Waals surface area contributed by atoms with Gasteiger partial charge in [-0.2, -0.15) is 5.26 Å². The highest BCUT2D eigenvalue weighted by Gasteiger charge is 2.21. The molecule has 0 unspecified atom stereocenters. The van der Waals surface area contributed by atoms with Crippen LogP contribution in [0, 0.1) is 17.1 Å². The molecule has 0 aromatic heterocycles. The van der Waals surface area contributed by atoms with Crippen molar-refractivity contribution in [2.24, 2.45) is 0 Å². The summed E-state index contributed by atoms with van der Waals surface area (Å²) in [6.07, 6.45) is 0. The van der Waals surface area contributed by atoms with Gasteiger partial charge in [0.1, 0.15) is 11.9 Å². The Morgan fingerprint density at radius 2 is 1.95 bits per heavy atom. The van der Waals surface area contributed by atoms with Crippen molar-refractivity contribution >= 4 is 23.2 Å². The molecule has 2 aromatic rings. The van der Waals surface area contributed by atoms with E-state index in [2.05, 4.69) is 0 Å². The number of hydrogen-bond donors (Lipinski definition) is 0. The second-order valence-corrected chi connectivity index (χ2v) is 4.50. The highest BCUT2D eigenvalue weighted by Crippen LogP contribution is 2.25. The molecule has 0 bridgehead atoms. The predicted octanol–water partition coefficient (Wildman–Crippen LogP) is 3.63. The topological polar surface area (TPSA) is 44.1 Å². The third-order valence-electron chi connectivity index (χ3n) is 2.87. The molecule has 0 N–H and O–H groups in total. The highest BCUT2D eigenvalue weighted by atomic mass is 35.5. The Labute approximate surface area is 120 Å². The van der Waals surface area contributed by atoms with Crippen molar-refractivity contribution in [2.75, 3.05) is 11.9 Å². The molecule has 0 aliphatic rings. The van der Waals surface area contributed by atoms with Gasteiger partial charge < -0.3 is 4.90 Å². The largest absolute Gasteiger partial charge is 0.310 e. The first kappa shape index (κ1) is 14.0. The van der Waals surface area contributed by atoms with Crippen molar-refractivity contribution in [3.63, 3.8) is 0 Å². The van der Waals surface area contributed by atoms with Crippen LogP contribution in [0.1, 0.15) is 15.9 Å². The maximum absolute atomic E-state index is 13.8. The fraction of sp³-hybridized carbons (Fsp3) is 0.0667. The van der Waals surface area contributed by atoms with Crippen LogP contribution in [-0.4, -0.2) is 13.0 Å². The van der Waals surface area contributed by atoms with Crippen molar-refractivity contribution in [1.82, 2.24) is 0 Å². The third-order valence-corrected chi connectivity index (χ3v) is 3.18. The lowest BCUT2D eigenvalue weighted by Gasteiger charge is -2.19. The number of benzene rings is 2. The molecule has 2 rings (SSSR count). The molecule has 0 saturated heterocycles. The standard InChI is InChI=1S/C15H10ClFN2O/c1-19(13-8-3-2-5-10(13)9-18)15(20)14-11(16)6-4-7-12(14)17/h2-8H,1H3. The average molecular weight is 289 g/mol. The molecule has 0 heterocycles. The van der Waals surface area contributed by atoms with Crippen LogP contribution in [0.5, 0.6) is 0 Å². The van der Waals surface area contributed by atoms with E-state index >= 15 is 0 Å². The van der Waals surface area contributed by atoms with Gasteiger partial charge in [-0.3, -0.25) is 4.79 Å². The number of nitriles is 1. The zero-order valence-corrected chi connectivity index (χ0v) is 11.4. The van der Waals surface area contributed by atoms with Crippen molar-refractivity contribution in [3.8, 4) is 6.07 Å². The first-order chi connectivity index (χ1) is 9.56. The maximum Gasteiger partial charge on any atom is 0.262 e. The number of nitrogens with zero attached hydrogens (tertiary/aromatic N) is 2. The minimum absolute atomic E-state index is 0.0382. The Balaban J connectivity index is 2.46. The molecule has 0 radical (unpaired) electrons. The molecule has 100 valence electrons. The van der Waals surface area contributed by atoms with Crippen LogP contribution in [0.2, 0.25) is 5.02 Å². The number of rotatable bonds is 2. The predicted molar refractivity (Wildman–Crippen MR) is 75.3 cm³/mol. The van der Waals surface area contributed by atoms with Crippen LogP contribution in [0.4, 0.5) is 10.1 Å². The average Bonchev–Trinajstić information content (AvgIpc) is 2.46. The Kier molecular flexibility index (Phi) is 4.02. The Bertz CT molecular complexity index is 689. The van der Waals surface area contributed by atoms with Crippen LogP contribution in [0.25, 0.3) is 0 Å². The number of para-hydroxylation sites is 1. The highest BCUT2D eigenvalue weighted by molar-refractivity contribution is 6.34. The first-order valence-corrected chi connectivity index (χ1v) is 6.15. The van der Waals surface area contributed by atoms with Gasteiger partial charge in [0.25, 0.3) is 5.91 Å². The lowest BCUT2D eigenvalue weighted by atomic mass is 10.1. The number of hydrogen-bond acceptors (Lipinski definition) is 2. The summed E-state index contributed by atoms with van der Waals surface area (Å²) < 4.78 is 13.8. The lowest BCUT2D eigenvalue weighted by Crippen LogP contribution is -2.28. The molecule has 0 spiro atoms. The normalized spacial score (nSPS) is 9.90. The van der Waals surface area contributed by atoms with E-state index in [0.29, 0.717) is 11.3 Å². The molecule has 3 nitrogen and oxygen atoms in total. The van der Waals surface area contributed by atoms with E-state index in [0.717, 1.165) is 0 Å². The quantitative estimate of drug-likeness (QED) is 0.847. The second kappa shape index (κ2) is 5.72. The molecule has 0 atom stereocenters. The molecule has 20 heavy (non-hydrogen) atoms.